The predicted molar refractivity (Wildman–Crippen MR) is 124 cm³/mol. The Kier molecular flexibility index (Phi) is 6.53. The first-order valence-electron chi connectivity index (χ1n) is 10.4. The lowest BCUT2D eigenvalue weighted by atomic mass is 10.0. The fourth-order valence-corrected chi connectivity index (χ4v) is 4.23. The van der Waals surface area contributed by atoms with Crippen LogP contribution in [-0.2, 0) is 4.74 Å². The van der Waals surface area contributed by atoms with Gasteiger partial charge in [-0.2, -0.15) is 0 Å². The number of aromatic amines is 1. The molecule has 1 saturated heterocycles. The Morgan fingerprint density at radius 2 is 1.91 bits per heavy atom. The average molecular weight is 476 g/mol. The number of rotatable bonds is 5. The molecular weight excluding hydrogens is 453 g/mol. The number of nitrogens with one attached hydrogen (secondary N) is 2. The maximum absolute atomic E-state index is 12.6. The van der Waals surface area contributed by atoms with E-state index in [1.807, 2.05) is 24.3 Å². The number of aromatic nitrogens is 3. The molecule has 8 nitrogen and oxygen atoms in total. The van der Waals surface area contributed by atoms with Crippen molar-refractivity contribution in [3.63, 3.8) is 0 Å². The number of hydrogen-bond acceptors (Lipinski definition) is 6. The second-order valence-electron chi connectivity index (χ2n) is 7.60. The lowest BCUT2D eigenvalue weighted by Gasteiger charge is -2.33. The number of piperidine rings is 1. The maximum atomic E-state index is 12.6. The number of benzene rings is 1. The normalized spacial score (nSPS) is 14.6. The van der Waals surface area contributed by atoms with Crippen molar-refractivity contribution in [1.29, 1.82) is 0 Å². The van der Waals surface area contributed by atoms with Crippen LogP contribution < -0.4 is 10.2 Å². The van der Waals surface area contributed by atoms with Crippen molar-refractivity contribution in [3.8, 4) is 0 Å². The molecule has 3 heterocycles. The van der Waals surface area contributed by atoms with Gasteiger partial charge in [-0.1, -0.05) is 35.3 Å². The zero-order valence-electron chi connectivity index (χ0n) is 17.7. The highest BCUT2D eigenvalue weighted by atomic mass is 35.5. The Morgan fingerprint density at radius 3 is 2.56 bits per heavy atom. The van der Waals surface area contributed by atoms with Gasteiger partial charge in [-0.25, -0.2) is 14.8 Å². The minimum absolute atomic E-state index is 0.0187. The van der Waals surface area contributed by atoms with Gasteiger partial charge in [0, 0.05) is 30.2 Å². The molecule has 0 atom stereocenters. The zero-order valence-corrected chi connectivity index (χ0v) is 19.3. The minimum Gasteiger partial charge on any atom is -0.460 e. The van der Waals surface area contributed by atoms with Gasteiger partial charge in [0.15, 0.2) is 0 Å². The van der Waals surface area contributed by atoms with Crippen LogP contribution >= 0.6 is 23.2 Å². The first-order valence-corrected chi connectivity index (χ1v) is 11.2. The standard InChI is InChI=1S/C22H23Cl2N5O3/c1-3-32-22(31)19-27-15-7-5-4-6-14(15)20(28-19)29-10-8-13(9-11-29)26-21(30)18-17(24)16(23)12(2)25-18/h4-7,13,25H,3,8-11H2,1-2H3,(H,26,30). The van der Waals surface area contributed by atoms with Crippen molar-refractivity contribution in [2.45, 2.75) is 32.7 Å². The molecular formula is C22H23Cl2N5O3. The highest BCUT2D eigenvalue weighted by Crippen LogP contribution is 2.30. The molecule has 2 N–H and O–H groups in total. The van der Waals surface area contributed by atoms with Crippen molar-refractivity contribution in [1.82, 2.24) is 20.3 Å². The van der Waals surface area contributed by atoms with E-state index in [9.17, 15) is 9.59 Å². The fraction of sp³-hybridized carbons (Fsp3) is 0.364. The number of hydrogen-bond donors (Lipinski definition) is 2. The summed E-state index contributed by atoms with van der Waals surface area (Å²) in [7, 11) is 0. The van der Waals surface area contributed by atoms with E-state index in [0.717, 1.165) is 5.39 Å². The van der Waals surface area contributed by atoms with Crippen LogP contribution in [0.4, 0.5) is 5.82 Å². The van der Waals surface area contributed by atoms with Gasteiger partial charge in [0.25, 0.3) is 5.91 Å². The number of aryl methyl sites for hydroxylation is 1. The Labute approximate surface area is 195 Å². The number of carbonyl (C=O) groups excluding carboxylic acids is 2. The molecule has 2 aromatic heterocycles. The number of amides is 1. The molecule has 168 valence electrons. The van der Waals surface area contributed by atoms with Gasteiger partial charge < -0.3 is 19.9 Å². The monoisotopic (exact) mass is 475 g/mol. The number of halogens is 2. The van der Waals surface area contributed by atoms with Gasteiger partial charge in [-0.05, 0) is 38.8 Å². The summed E-state index contributed by atoms with van der Waals surface area (Å²) in [5.41, 5.74) is 1.62. The molecule has 1 aromatic carbocycles. The molecule has 4 rings (SSSR count). The van der Waals surface area contributed by atoms with Crippen LogP contribution in [0, 0.1) is 6.92 Å². The third-order valence-electron chi connectivity index (χ3n) is 5.45. The van der Waals surface area contributed by atoms with Crippen LogP contribution in [0.1, 0.15) is 46.6 Å². The highest BCUT2D eigenvalue weighted by Gasteiger charge is 2.26. The van der Waals surface area contributed by atoms with Crippen LogP contribution in [0.15, 0.2) is 24.3 Å². The van der Waals surface area contributed by atoms with Gasteiger partial charge in [0.05, 0.1) is 22.2 Å². The third-order valence-corrected chi connectivity index (χ3v) is 6.40. The van der Waals surface area contributed by atoms with E-state index >= 15 is 0 Å². The summed E-state index contributed by atoms with van der Waals surface area (Å²) < 4.78 is 5.09. The summed E-state index contributed by atoms with van der Waals surface area (Å²) in [6, 6.07) is 7.56. The van der Waals surface area contributed by atoms with Crippen molar-refractivity contribution < 1.29 is 14.3 Å². The molecule has 3 aromatic rings. The van der Waals surface area contributed by atoms with E-state index < -0.39 is 5.97 Å². The van der Waals surface area contributed by atoms with Gasteiger partial charge in [0.1, 0.15) is 11.5 Å². The molecule has 10 heteroatoms. The number of H-pyrrole nitrogens is 1. The summed E-state index contributed by atoms with van der Waals surface area (Å²) in [5, 5.41) is 4.49. The summed E-state index contributed by atoms with van der Waals surface area (Å²) in [4.78, 5) is 38.8. The Balaban J connectivity index is 1.49. The maximum Gasteiger partial charge on any atom is 0.376 e. The Morgan fingerprint density at radius 1 is 1.19 bits per heavy atom. The minimum atomic E-state index is -0.543. The highest BCUT2D eigenvalue weighted by molar-refractivity contribution is 6.44. The summed E-state index contributed by atoms with van der Waals surface area (Å²) >= 11 is 12.2. The molecule has 0 unspecified atom stereocenters. The summed E-state index contributed by atoms with van der Waals surface area (Å²) in [6.45, 7) is 5.08. The molecule has 1 aliphatic rings. The molecule has 0 aliphatic carbocycles. The quantitative estimate of drug-likeness (QED) is 0.537. The average Bonchev–Trinajstić information content (AvgIpc) is 3.06. The fourth-order valence-electron chi connectivity index (χ4n) is 3.81. The number of nitrogens with zero attached hydrogens (tertiary/aromatic N) is 3. The summed E-state index contributed by atoms with van der Waals surface area (Å²) in [5.74, 6) is -0.0816. The van der Waals surface area contributed by atoms with Crippen LogP contribution in [0.3, 0.4) is 0 Å². The van der Waals surface area contributed by atoms with Gasteiger partial charge >= 0.3 is 5.97 Å². The lowest BCUT2D eigenvalue weighted by molar-refractivity contribution is 0.0512. The van der Waals surface area contributed by atoms with Crippen LogP contribution in [0.2, 0.25) is 10.0 Å². The van der Waals surface area contributed by atoms with E-state index in [-0.39, 0.29) is 35.1 Å². The molecule has 1 amide bonds. The van der Waals surface area contributed by atoms with E-state index in [4.69, 9.17) is 27.9 Å². The first kappa shape index (κ1) is 22.4. The number of para-hydroxylation sites is 1. The smallest absolute Gasteiger partial charge is 0.376 e. The van der Waals surface area contributed by atoms with Crippen LogP contribution in [-0.4, -0.2) is 52.6 Å². The van der Waals surface area contributed by atoms with E-state index in [2.05, 4.69) is 25.2 Å². The molecule has 0 spiro atoms. The van der Waals surface area contributed by atoms with E-state index in [0.29, 0.717) is 48.0 Å². The predicted octanol–water partition coefficient (Wildman–Crippen LogP) is 4.15. The lowest BCUT2D eigenvalue weighted by Crippen LogP contribution is -2.45. The van der Waals surface area contributed by atoms with Crippen molar-refractivity contribution in [3.05, 3.63) is 51.5 Å². The molecule has 32 heavy (non-hydrogen) atoms. The van der Waals surface area contributed by atoms with Gasteiger partial charge in [-0.15, -0.1) is 0 Å². The SMILES string of the molecule is CCOC(=O)c1nc(N2CCC(NC(=O)c3[nH]c(C)c(Cl)c3Cl)CC2)c2ccccc2n1. The van der Waals surface area contributed by atoms with Crippen molar-refractivity contribution in [2.24, 2.45) is 0 Å². The zero-order chi connectivity index (χ0) is 22.8. The van der Waals surface area contributed by atoms with E-state index in [1.165, 1.54) is 0 Å². The first-order chi connectivity index (χ1) is 15.4. The molecule has 0 bridgehead atoms. The Bertz CT molecular complexity index is 1170. The molecule has 1 aliphatic heterocycles. The van der Waals surface area contributed by atoms with Crippen LogP contribution in [0.25, 0.3) is 10.9 Å². The van der Waals surface area contributed by atoms with Crippen molar-refractivity contribution in [2.75, 3.05) is 24.6 Å². The third kappa shape index (κ3) is 4.38. The number of fused-ring (bicyclic) bond motifs is 1. The topological polar surface area (TPSA) is 100 Å². The molecule has 1 fully saturated rings. The van der Waals surface area contributed by atoms with Gasteiger partial charge in [-0.3, -0.25) is 4.79 Å². The number of ether oxygens (including phenoxy) is 1. The largest absolute Gasteiger partial charge is 0.460 e. The number of anilines is 1. The molecule has 0 saturated carbocycles. The summed E-state index contributed by atoms with van der Waals surface area (Å²) in [6.07, 6.45) is 1.42. The number of esters is 1. The van der Waals surface area contributed by atoms with E-state index in [1.54, 1.807) is 13.8 Å². The van der Waals surface area contributed by atoms with Gasteiger partial charge in [0.2, 0.25) is 5.82 Å². The van der Waals surface area contributed by atoms with Crippen LogP contribution in [0.5, 0.6) is 0 Å². The molecule has 0 radical (unpaired) electrons. The number of carbonyl (C=O) groups is 2. The second-order valence-corrected chi connectivity index (χ2v) is 8.35. The second kappa shape index (κ2) is 9.34. The Hall–Kier alpha value is -2.84. The van der Waals surface area contributed by atoms with Crippen molar-refractivity contribution >= 4 is 51.8 Å².